The predicted molar refractivity (Wildman–Crippen MR) is 92.5 cm³/mol. The van der Waals surface area contributed by atoms with Crippen LogP contribution in [0.15, 0.2) is 24.3 Å². The highest BCUT2D eigenvalue weighted by molar-refractivity contribution is 7.90. The summed E-state index contributed by atoms with van der Waals surface area (Å²) in [6.45, 7) is 2.58. The fourth-order valence-electron chi connectivity index (χ4n) is 2.54. The van der Waals surface area contributed by atoms with Crippen LogP contribution in [0.3, 0.4) is 0 Å². The van der Waals surface area contributed by atoms with Crippen LogP contribution in [0.2, 0.25) is 5.02 Å². The summed E-state index contributed by atoms with van der Waals surface area (Å²) in [5.74, 6) is -0.241. The van der Waals surface area contributed by atoms with Gasteiger partial charge in [0, 0.05) is 43.1 Å². The lowest BCUT2D eigenvalue weighted by Gasteiger charge is -2.37. The lowest BCUT2D eigenvalue weighted by atomic mass is 10.2. The molecule has 0 aromatic heterocycles. The molecule has 1 heterocycles. The van der Waals surface area contributed by atoms with Crippen molar-refractivity contribution in [3.8, 4) is 0 Å². The number of amides is 1. The number of halogens is 1. The summed E-state index contributed by atoms with van der Waals surface area (Å²) in [7, 11) is -3.10. The van der Waals surface area contributed by atoms with Crippen LogP contribution in [0.25, 0.3) is 0 Å². The van der Waals surface area contributed by atoms with Crippen LogP contribution < -0.4 is 10.6 Å². The molecule has 128 valence electrons. The lowest BCUT2D eigenvalue weighted by Crippen LogP contribution is -2.53. The second-order valence-electron chi connectivity index (χ2n) is 5.81. The Kier molecular flexibility index (Phi) is 5.89. The number of nitrogens with zero attached hydrogens (tertiary/aromatic N) is 2. The molecule has 1 aliphatic rings. The topological polar surface area (TPSA) is 83.7 Å². The van der Waals surface area contributed by atoms with Gasteiger partial charge in [0.05, 0.1) is 11.8 Å². The Hall–Kier alpha value is -1.31. The van der Waals surface area contributed by atoms with E-state index in [9.17, 15) is 13.2 Å². The van der Waals surface area contributed by atoms with Crippen molar-refractivity contribution >= 4 is 33.0 Å². The van der Waals surface area contributed by atoms with Gasteiger partial charge in [0.15, 0.2) is 0 Å². The number of benzene rings is 1. The summed E-state index contributed by atoms with van der Waals surface area (Å²) in [4.78, 5) is 16.2. The minimum atomic E-state index is -3.10. The molecule has 6 nitrogen and oxygen atoms in total. The van der Waals surface area contributed by atoms with Crippen molar-refractivity contribution in [1.82, 2.24) is 4.90 Å². The minimum absolute atomic E-state index is 0.0648. The van der Waals surface area contributed by atoms with E-state index in [1.807, 2.05) is 24.3 Å². The average molecular weight is 360 g/mol. The molecule has 0 saturated carbocycles. The van der Waals surface area contributed by atoms with Crippen molar-refractivity contribution < 1.29 is 13.2 Å². The SMILES string of the molecule is CS(=O)(=O)CCC(N)C(=O)N1CCN(c2ccc(Cl)cc2)CC1. The van der Waals surface area contributed by atoms with Gasteiger partial charge in [0.25, 0.3) is 0 Å². The van der Waals surface area contributed by atoms with Gasteiger partial charge in [-0.25, -0.2) is 8.42 Å². The molecule has 1 aliphatic heterocycles. The lowest BCUT2D eigenvalue weighted by molar-refractivity contribution is -0.132. The second kappa shape index (κ2) is 7.51. The number of hydrogen-bond acceptors (Lipinski definition) is 5. The van der Waals surface area contributed by atoms with E-state index in [0.29, 0.717) is 31.2 Å². The molecule has 1 aromatic rings. The third kappa shape index (κ3) is 5.37. The maximum Gasteiger partial charge on any atom is 0.239 e. The number of rotatable bonds is 5. The van der Waals surface area contributed by atoms with Gasteiger partial charge in [-0.2, -0.15) is 0 Å². The molecule has 2 N–H and O–H groups in total. The number of anilines is 1. The van der Waals surface area contributed by atoms with E-state index >= 15 is 0 Å². The molecule has 1 unspecified atom stereocenters. The van der Waals surface area contributed by atoms with Crippen LogP contribution >= 0.6 is 11.6 Å². The first-order chi connectivity index (χ1) is 10.8. The van der Waals surface area contributed by atoms with Crippen molar-refractivity contribution in [3.05, 3.63) is 29.3 Å². The van der Waals surface area contributed by atoms with Crippen LogP contribution in [0.1, 0.15) is 6.42 Å². The molecule has 1 fully saturated rings. The number of sulfone groups is 1. The Morgan fingerprint density at radius 3 is 2.30 bits per heavy atom. The Morgan fingerprint density at radius 1 is 1.22 bits per heavy atom. The Morgan fingerprint density at radius 2 is 1.78 bits per heavy atom. The molecule has 0 bridgehead atoms. The number of carbonyl (C=O) groups excluding carboxylic acids is 1. The first-order valence-electron chi connectivity index (χ1n) is 7.49. The molecule has 0 spiro atoms. The fourth-order valence-corrected chi connectivity index (χ4v) is 3.34. The van der Waals surface area contributed by atoms with Crippen molar-refractivity contribution in [2.24, 2.45) is 5.73 Å². The van der Waals surface area contributed by atoms with Gasteiger partial charge in [-0.3, -0.25) is 4.79 Å². The molecular formula is C15H22ClN3O3S. The van der Waals surface area contributed by atoms with E-state index in [0.717, 1.165) is 11.9 Å². The quantitative estimate of drug-likeness (QED) is 0.838. The Balaban J connectivity index is 1.86. The van der Waals surface area contributed by atoms with Gasteiger partial charge < -0.3 is 15.5 Å². The molecule has 8 heteroatoms. The highest BCUT2D eigenvalue weighted by Gasteiger charge is 2.25. The molecule has 1 aromatic carbocycles. The van der Waals surface area contributed by atoms with Crippen LogP contribution in [-0.4, -0.2) is 63.5 Å². The molecule has 1 saturated heterocycles. The van der Waals surface area contributed by atoms with E-state index < -0.39 is 15.9 Å². The fraction of sp³-hybridized carbons (Fsp3) is 0.533. The van der Waals surface area contributed by atoms with Gasteiger partial charge in [0.1, 0.15) is 9.84 Å². The maximum atomic E-state index is 12.3. The molecule has 23 heavy (non-hydrogen) atoms. The van der Waals surface area contributed by atoms with E-state index in [-0.39, 0.29) is 18.1 Å². The monoisotopic (exact) mass is 359 g/mol. The smallest absolute Gasteiger partial charge is 0.239 e. The van der Waals surface area contributed by atoms with Crippen LogP contribution in [0.5, 0.6) is 0 Å². The second-order valence-corrected chi connectivity index (χ2v) is 8.51. The first kappa shape index (κ1) is 18.0. The highest BCUT2D eigenvalue weighted by atomic mass is 35.5. The summed E-state index contributed by atoms with van der Waals surface area (Å²) in [6, 6.07) is 6.84. The standard InChI is InChI=1S/C15H22ClN3O3S/c1-23(21,22)11-6-14(17)15(20)19-9-7-18(8-10-19)13-4-2-12(16)3-5-13/h2-5,14H,6-11,17H2,1H3. The van der Waals surface area contributed by atoms with Crippen molar-refractivity contribution in [1.29, 1.82) is 0 Å². The van der Waals surface area contributed by atoms with Gasteiger partial charge in [-0.05, 0) is 30.7 Å². The Labute approximate surface area is 142 Å². The zero-order valence-corrected chi connectivity index (χ0v) is 14.7. The van der Waals surface area contributed by atoms with Gasteiger partial charge in [-0.15, -0.1) is 0 Å². The van der Waals surface area contributed by atoms with Crippen LogP contribution in [0, 0.1) is 0 Å². The predicted octanol–water partition coefficient (Wildman–Crippen LogP) is 0.751. The zero-order valence-electron chi connectivity index (χ0n) is 13.1. The van der Waals surface area contributed by atoms with E-state index in [4.69, 9.17) is 17.3 Å². The van der Waals surface area contributed by atoms with Crippen molar-refractivity contribution in [2.75, 3.05) is 43.1 Å². The Bertz CT molecular complexity index is 640. The van der Waals surface area contributed by atoms with E-state index in [1.54, 1.807) is 4.90 Å². The van der Waals surface area contributed by atoms with Gasteiger partial charge >= 0.3 is 0 Å². The average Bonchev–Trinajstić information content (AvgIpc) is 2.52. The maximum absolute atomic E-state index is 12.3. The summed E-state index contributed by atoms with van der Waals surface area (Å²) in [5, 5.41) is 0.694. The van der Waals surface area contributed by atoms with Crippen LogP contribution in [-0.2, 0) is 14.6 Å². The summed E-state index contributed by atoms with van der Waals surface area (Å²) in [5.41, 5.74) is 6.91. The molecule has 1 atom stereocenters. The van der Waals surface area contributed by atoms with E-state index in [2.05, 4.69) is 4.90 Å². The first-order valence-corrected chi connectivity index (χ1v) is 9.93. The number of piperazine rings is 1. The summed E-state index contributed by atoms with van der Waals surface area (Å²) in [6.07, 6.45) is 1.31. The van der Waals surface area contributed by atoms with Crippen molar-refractivity contribution in [3.63, 3.8) is 0 Å². The molecule has 2 rings (SSSR count). The van der Waals surface area contributed by atoms with Gasteiger partial charge in [-0.1, -0.05) is 11.6 Å². The molecule has 0 radical (unpaired) electrons. The zero-order chi connectivity index (χ0) is 17.0. The molecule has 0 aliphatic carbocycles. The largest absolute Gasteiger partial charge is 0.368 e. The molecule has 1 amide bonds. The molecular weight excluding hydrogens is 338 g/mol. The number of hydrogen-bond donors (Lipinski definition) is 1. The van der Waals surface area contributed by atoms with E-state index in [1.165, 1.54) is 0 Å². The number of carbonyl (C=O) groups is 1. The minimum Gasteiger partial charge on any atom is -0.368 e. The normalized spacial score (nSPS) is 17.2. The highest BCUT2D eigenvalue weighted by Crippen LogP contribution is 2.19. The number of nitrogens with two attached hydrogens (primary N) is 1. The summed E-state index contributed by atoms with van der Waals surface area (Å²) >= 11 is 5.88. The third-order valence-electron chi connectivity index (χ3n) is 3.90. The summed E-state index contributed by atoms with van der Waals surface area (Å²) < 4.78 is 22.3. The van der Waals surface area contributed by atoms with Crippen molar-refractivity contribution in [2.45, 2.75) is 12.5 Å². The van der Waals surface area contributed by atoms with Gasteiger partial charge in [0.2, 0.25) is 5.91 Å². The van der Waals surface area contributed by atoms with Crippen LogP contribution in [0.4, 0.5) is 5.69 Å². The third-order valence-corrected chi connectivity index (χ3v) is 5.13.